The van der Waals surface area contributed by atoms with Crippen LogP contribution in [0.4, 0.5) is 58.4 Å². The summed E-state index contributed by atoms with van der Waals surface area (Å²) in [5, 5.41) is 10.1. The number of benzene rings is 4. The van der Waals surface area contributed by atoms with E-state index in [4.69, 9.17) is 0 Å². The molecule has 0 heterocycles. The van der Waals surface area contributed by atoms with E-state index in [-0.39, 0.29) is 23.4 Å². The van der Waals surface area contributed by atoms with E-state index >= 15 is 0 Å². The average molecular weight is 621 g/mol. The molecule has 226 valence electrons. The fraction of sp³-hybridized carbons (Fsp3) is 0.138. The molecule has 0 aromatic heterocycles. The van der Waals surface area contributed by atoms with Gasteiger partial charge in [0.2, 0.25) is 0 Å². The number of rotatable bonds is 4. The molecule has 0 fully saturated rings. The van der Waals surface area contributed by atoms with E-state index in [1.54, 1.807) is 0 Å². The molecular weight excluding hydrogens is 606 g/mol. The van der Waals surface area contributed by atoms with Crippen LogP contribution in [0, 0.1) is 0 Å². The van der Waals surface area contributed by atoms with Crippen molar-refractivity contribution in [2.75, 3.05) is 0 Å². The number of phenolic OH excluding ortho intramolecular Hbond substituents is 1. The van der Waals surface area contributed by atoms with E-state index in [0.29, 0.717) is 24.3 Å². The van der Waals surface area contributed by atoms with E-state index in [1.807, 2.05) is 0 Å². The van der Waals surface area contributed by atoms with Crippen LogP contribution in [-0.2, 0) is 24.7 Å². The lowest BCUT2D eigenvalue weighted by Gasteiger charge is -2.18. The number of nitrogens with zero attached hydrogens (tertiary/aromatic N) is 1. The number of hydrogen-bond acceptors (Lipinski definition) is 2. The van der Waals surface area contributed by atoms with Crippen LogP contribution in [0.5, 0.6) is 5.75 Å². The molecular formula is C29H15F12NO. The number of aromatic hydroxyl groups is 1. The molecule has 0 aliphatic carbocycles. The first-order chi connectivity index (χ1) is 19.7. The van der Waals surface area contributed by atoms with Gasteiger partial charge >= 0.3 is 24.7 Å². The second-order valence-corrected chi connectivity index (χ2v) is 9.11. The van der Waals surface area contributed by atoms with Gasteiger partial charge in [-0.2, -0.15) is 52.7 Å². The number of halogens is 12. The predicted molar refractivity (Wildman–Crippen MR) is 133 cm³/mol. The molecule has 4 rings (SSSR count). The zero-order chi connectivity index (χ0) is 32.0. The van der Waals surface area contributed by atoms with Crippen LogP contribution in [0.3, 0.4) is 0 Å². The monoisotopic (exact) mass is 621 g/mol. The van der Waals surface area contributed by atoms with Crippen LogP contribution in [0.15, 0.2) is 83.9 Å². The second-order valence-electron chi connectivity index (χ2n) is 9.11. The van der Waals surface area contributed by atoms with Crippen molar-refractivity contribution in [2.45, 2.75) is 24.7 Å². The summed E-state index contributed by atoms with van der Waals surface area (Å²) in [6, 6.07) is 9.52. The summed E-state index contributed by atoms with van der Waals surface area (Å²) in [7, 11) is 0. The van der Waals surface area contributed by atoms with Crippen molar-refractivity contribution in [3.63, 3.8) is 0 Å². The second kappa shape index (κ2) is 11.0. The fourth-order valence-corrected chi connectivity index (χ4v) is 4.10. The van der Waals surface area contributed by atoms with Crippen molar-refractivity contribution >= 4 is 11.9 Å². The van der Waals surface area contributed by atoms with Crippen molar-refractivity contribution in [2.24, 2.45) is 4.99 Å². The smallest absolute Gasteiger partial charge is 0.416 e. The Morgan fingerprint density at radius 3 is 1.21 bits per heavy atom. The molecule has 43 heavy (non-hydrogen) atoms. The van der Waals surface area contributed by atoms with E-state index in [9.17, 15) is 57.8 Å². The summed E-state index contributed by atoms with van der Waals surface area (Å²) in [5.41, 5.74) is -9.84. The molecule has 14 heteroatoms. The third kappa shape index (κ3) is 7.12. The highest BCUT2D eigenvalue weighted by Crippen LogP contribution is 2.46. The molecule has 0 spiro atoms. The minimum Gasteiger partial charge on any atom is -0.507 e. The quantitative estimate of drug-likeness (QED) is 0.179. The van der Waals surface area contributed by atoms with Gasteiger partial charge in [0.1, 0.15) is 5.75 Å². The number of hydrogen-bond donors (Lipinski definition) is 1. The van der Waals surface area contributed by atoms with Crippen LogP contribution >= 0.6 is 0 Å². The van der Waals surface area contributed by atoms with Gasteiger partial charge < -0.3 is 5.11 Å². The highest BCUT2D eigenvalue weighted by atomic mass is 19.4. The van der Waals surface area contributed by atoms with Crippen LogP contribution in [0.2, 0.25) is 0 Å². The summed E-state index contributed by atoms with van der Waals surface area (Å²) < 4.78 is 163. The fourth-order valence-electron chi connectivity index (χ4n) is 4.10. The van der Waals surface area contributed by atoms with Crippen molar-refractivity contribution in [1.82, 2.24) is 0 Å². The molecule has 2 nitrogen and oxygen atoms in total. The number of aliphatic imine (C=N–C) groups is 1. The summed E-state index contributed by atoms with van der Waals surface area (Å²) in [5.74, 6) is -0.373. The van der Waals surface area contributed by atoms with Crippen LogP contribution in [0.1, 0.15) is 27.8 Å². The highest BCUT2D eigenvalue weighted by molar-refractivity contribution is 5.94. The SMILES string of the molecule is Oc1ccccc1C=Nc1c(-c2cc(C(F)(F)F)cc(C(F)(F)F)c2)cccc1-c1cc(C(F)(F)F)cc(C(F)(F)F)c1. The van der Waals surface area contributed by atoms with E-state index < -0.39 is 74.9 Å². The maximum atomic E-state index is 13.6. The van der Waals surface area contributed by atoms with Gasteiger partial charge in [0.15, 0.2) is 0 Å². The van der Waals surface area contributed by atoms with E-state index in [0.717, 1.165) is 24.4 Å². The topological polar surface area (TPSA) is 32.6 Å². The van der Waals surface area contributed by atoms with Crippen molar-refractivity contribution in [3.05, 3.63) is 107 Å². The van der Waals surface area contributed by atoms with Crippen molar-refractivity contribution < 1.29 is 57.8 Å². The molecule has 0 bridgehead atoms. The van der Waals surface area contributed by atoms with Crippen molar-refractivity contribution in [3.8, 4) is 28.0 Å². The molecule has 0 aliphatic rings. The molecule has 0 aliphatic heterocycles. The first-order valence-corrected chi connectivity index (χ1v) is 11.8. The largest absolute Gasteiger partial charge is 0.507 e. The molecule has 0 saturated heterocycles. The Labute approximate surface area is 234 Å². The maximum Gasteiger partial charge on any atom is 0.416 e. The Balaban J connectivity index is 2.09. The lowest BCUT2D eigenvalue weighted by Crippen LogP contribution is -2.11. The van der Waals surface area contributed by atoms with E-state index in [1.165, 1.54) is 24.3 Å². The lowest BCUT2D eigenvalue weighted by molar-refractivity contribution is -0.144. The first-order valence-electron chi connectivity index (χ1n) is 11.8. The van der Waals surface area contributed by atoms with Crippen LogP contribution in [-0.4, -0.2) is 11.3 Å². The molecule has 1 N–H and O–H groups in total. The zero-order valence-corrected chi connectivity index (χ0v) is 21.0. The molecule has 4 aromatic rings. The lowest BCUT2D eigenvalue weighted by atomic mass is 9.92. The van der Waals surface area contributed by atoms with Gasteiger partial charge in [-0.05, 0) is 59.7 Å². The minimum atomic E-state index is -5.25. The van der Waals surface area contributed by atoms with Gasteiger partial charge in [-0.15, -0.1) is 0 Å². The van der Waals surface area contributed by atoms with Gasteiger partial charge in [0.05, 0.1) is 27.9 Å². The minimum absolute atomic E-state index is 0.0247. The van der Waals surface area contributed by atoms with Gasteiger partial charge in [-0.3, -0.25) is 4.99 Å². The average Bonchev–Trinajstić information content (AvgIpc) is 2.90. The van der Waals surface area contributed by atoms with Crippen LogP contribution in [0.25, 0.3) is 22.3 Å². The summed E-state index contributed by atoms with van der Waals surface area (Å²) in [6.45, 7) is 0. The normalized spacial score (nSPS) is 13.1. The van der Waals surface area contributed by atoms with Gasteiger partial charge in [0.25, 0.3) is 0 Å². The Kier molecular flexibility index (Phi) is 8.02. The standard InChI is InChI=1S/C29H15F12NO/c30-26(31,32)18-8-16(9-19(12-18)27(33,34)35)22-5-3-6-23(25(22)42-14-15-4-1-2-7-24(15)43)17-10-20(28(36,37)38)13-21(11-17)29(39,40)41/h1-14,43H. The van der Waals surface area contributed by atoms with Gasteiger partial charge in [-0.25, -0.2) is 0 Å². The Bertz CT molecular complexity index is 1520. The molecule has 0 radical (unpaired) electrons. The van der Waals surface area contributed by atoms with E-state index in [2.05, 4.69) is 4.99 Å². The molecule has 0 saturated carbocycles. The van der Waals surface area contributed by atoms with Crippen molar-refractivity contribution in [1.29, 1.82) is 0 Å². The third-order valence-electron chi connectivity index (χ3n) is 6.10. The third-order valence-corrected chi connectivity index (χ3v) is 6.10. The Hall–Kier alpha value is -4.49. The molecule has 4 aromatic carbocycles. The number of phenols is 1. The summed E-state index contributed by atoms with van der Waals surface area (Å²) >= 11 is 0. The van der Waals surface area contributed by atoms with Crippen LogP contribution < -0.4 is 0 Å². The predicted octanol–water partition coefficient (Wildman–Crippen LogP) is 10.6. The zero-order valence-electron chi connectivity index (χ0n) is 21.0. The molecule has 0 atom stereocenters. The summed E-state index contributed by atoms with van der Waals surface area (Å²) in [4.78, 5) is 4.05. The molecule has 0 unspecified atom stereocenters. The first kappa shape index (κ1) is 31.4. The Morgan fingerprint density at radius 2 is 0.860 bits per heavy atom. The molecule has 0 amide bonds. The number of alkyl halides is 12. The highest BCUT2D eigenvalue weighted by Gasteiger charge is 2.39. The van der Waals surface area contributed by atoms with Gasteiger partial charge in [-0.1, -0.05) is 30.3 Å². The van der Waals surface area contributed by atoms with Gasteiger partial charge in [0, 0.05) is 22.9 Å². The Morgan fingerprint density at radius 1 is 0.488 bits per heavy atom. The summed E-state index contributed by atoms with van der Waals surface area (Å²) in [6.07, 6.45) is -20.1. The number of para-hydroxylation sites is 2. The maximum absolute atomic E-state index is 13.6.